The third-order valence-electron chi connectivity index (χ3n) is 3.51. The Hall–Kier alpha value is -0.860. The van der Waals surface area contributed by atoms with Gasteiger partial charge < -0.3 is 11.5 Å². The number of hydrogen-bond acceptors (Lipinski definition) is 2. The Labute approximate surface area is 105 Å². The molecule has 2 nitrogen and oxygen atoms in total. The van der Waals surface area contributed by atoms with Gasteiger partial charge in [0.05, 0.1) is 0 Å². The van der Waals surface area contributed by atoms with Gasteiger partial charge >= 0.3 is 0 Å². The number of hydrogen-bond donors (Lipinski definition) is 2. The van der Waals surface area contributed by atoms with E-state index in [0.717, 1.165) is 32.2 Å². The van der Waals surface area contributed by atoms with Crippen LogP contribution in [0.4, 0.5) is 0 Å². The van der Waals surface area contributed by atoms with Crippen molar-refractivity contribution >= 4 is 0 Å². The zero-order valence-electron chi connectivity index (χ0n) is 11.5. The molecule has 2 heteroatoms. The summed E-state index contributed by atoms with van der Waals surface area (Å²) >= 11 is 0. The first-order chi connectivity index (χ1) is 8.19. The summed E-state index contributed by atoms with van der Waals surface area (Å²) in [7, 11) is 0. The summed E-state index contributed by atoms with van der Waals surface area (Å²) in [6, 6.07) is 2.34. The predicted octanol–water partition coefficient (Wildman–Crippen LogP) is 2.12. The Morgan fingerprint density at radius 3 is 1.94 bits per heavy atom. The van der Waals surface area contributed by atoms with Crippen LogP contribution in [0.3, 0.4) is 0 Å². The molecule has 0 radical (unpaired) electrons. The molecule has 0 saturated heterocycles. The monoisotopic (exact) mass is 234 g/mol. The molecule has 1 aromatic rings. The lowest BCUT2D eigenvalue weighted by atomic mass is 9.87. The minimum atomic E-state index is 0.715. The van der Waals surface area contributed by atoms with Crippen molar-refractivity contribution in [2.24, 2.45) is 11.5 Å². The maximum atomic E-state index is 5.76. The maximum Gasteiger partial charge on any atom is -0.00365 e. The summed E-state index contributed by atoms with van der Waals surface area (Å²) in [5, 5.41) is 0. The molecule has 4 N–H and O–H groups in total. The average Bonchev–Trinajstić information content (AvgIpc) is 2.33. The van der Waals surface area contributed by atoms with Gasteiger partial charge in [0, 0.05) is 0 Å². The molecule has 0 aliphatic heterocycles. The lowest BCUT2D eigenvalue weighted by Gasteiger charge is -2.19. The van der Waals surface area contributed by atoms with Gasteiger partial charge in [0.25, 0.3) is 0 Å². The van der Waals surface area contributed by atoms with E-state index in [9.17, 15) is 0 Å². The first-order valence-electron chi connectivity index (χ1n) is 6.72. The van der Waals surface area contributed by atoms with Gasteiger partial charge in [-0.3, -0.25) is 0 Å². The predicted molar refractivity (Wildman–Crippen MR) is 75.5 cm³/mol. The molecule has 0 heterocycles. The molecule has 0 atom stereocenters. The number of aryl methyl sites for hydroxylation is 2. The molecule has 0 aliphatic carbocycles. The summed E-state index contributed by atoms with van der Waals surface area (Å²) in [6.07, 6.45) is 4.15. The second kappa shape index (κ2) is 6.77. The average molecular weight is 234 g/mol. The summed E-state index contributed by atoms with van der Waals surface area (Å²) in [5.41, 5.74) is 18.8. The molecule has 17 heavy (non-hydrogen) atoms. The van der Waals surface area contributed by atoms with Gasteiger partial charge in [0.15, 0.2) is 0 Å². The van der Waals surface area contributed by atoms with Crippen LogP contribution in [-0.4, -0.2) is 13.1 Å². The topological polar surface area (TPSA) is 52.0 Å². The largest absolute Gasteiger partial charge is 0.330 e. The van der Waals surface area contributed by atoms with Gasteiger partial charge in [-0.1, -0.05) is 19.9 Å². The summed E-state index contributed by atoms with van der Waals surface area (Å²) in [4.78, 5) is 0. The zero-order chi connectivity index (χ0) is 12.8. The first kappa shape index (κ1) is 14.2. The van der Waals surface area contributed by atoms with Gasteiger partial charge in [-0.25, -0.2) is 0 Å². The number of benzene rings is 1. The van der Waals surface area contributed by atoms with Crippen LogP contribution in [0.25, 0.3) is 0 Å². The van der Waals surface area contributed by atoms with Crippen molar-refractivity contribution in [1.82, 2.24) is 0 Å². The van der Waals surface area contributed by atoms with Crippen molar-refractivity contribution in [2.45, 2.75) is 46.5 Å². The van der Waals surface area contributed by atoms with E-state index >= 15 is 0 Å². The van der Waals surface area contributed by atoms with Crippen molar-refractivity contribution in [3.05, 3.63) is 33.9 Å². The molecule has 96 valence electrons. The number of nitrogens with two attached hydrogens (primary N) is 2. The Morgan fingerprint density at radius 2 is 1.47 bits per heavy atom. The van der Waals surface area contributed by atoms with Crippen LogP contribution in [0.1, 0.15) is 41.7 Å². The van der Waals surface area contributed by atoms with Crippen LogP contribution >= 0.6 is 0 Å². The molecule has 0 fully saturated rings. The van der Waals surface area contributed by atoms with E-state index in [1.165, 1.54) is 27.8 Å². The second-order valence-electron chi connectivity index (χ2n) is 4.57. The maximum absolute atomic E-state index is 5.76. The molecule has 0 saturated carbocycles. The molecule has 0 spiro atoms. The summed E-state index contributed by atoms with van der Waals surface area (Å²) in [5.74, 6) is 0. The van der Waals surface area contributed by atoms with E-state index in [1.54, 1.807) is 0 Å². The second-order valence-corrected chi connectivity index (χ2v) is 4.57. The third-order valence-corrected chi connectivity index (χ3v) is 3.51. The lowest BCUT2D eigenvalue weighted by Crippen LogP contribution is -2.14. The van der Waals surface area contributed by atoms with Crippen molar-refractivity contribution in [3.8, 4) is 0 Å². The van der Waals surface area contributed by atoms with E-state index in [0.29, 0.717) is 6.54 Å². The van der Waals surface area contributed by atoms with Gasteiger partial charge in [-0.15, -0.1) is 0 Å². The highest BCUT2D eigenvalue weighted by Gasteiger charge is 2.13. The minimum absolute atomic E-state index is 0.715. The smallest absolute Gasteiger partial charge is 0.00365 e. The summed E-state index contributed by atoms with van der Waals surface area (Å²) < 4.78 is 0. The van der Waals surface area contributed by atoms with E-state index < -0.39 is 0 Å². The molecule has 0 aromatic heterocycles. The molecule has 0 aliphatic rings. The van der Waals surface area contributed by atoms with E-state index in [4.69, 9.17) is 11.5 Å². The van der Waals surface area contributed by atoms with Crippen LogP contribution in [0.5, 0.6) is 0 Å². The zero-order valence-corrected chi connectivity index (χ0v) is 11.5. The molecule has 0 amide bonds. The quantitative estimate of drug-likeness (QED) is 0.792. The first-order valence-corrected chi connectivity index (χ1v) is 6.72. The molecule has 0 unspecified atom stereocenters. The van der Waals surface area contributed by atoms with Crippen molar-refractivity contribution in [2.75, 3.05) is 13.1 Å². The SMILES string of the molecule is CCc1cc(C)c(CCN)c(CCN)c1CC. The normalized spacial score (nSPS) is 10.9. The molecule has 0 bridgehead atoms. The highest BCUT2D eigenvalue weighted by molar-refractivity contribution is 5.46. The molecular weight excluding hydrogens is 208 g/mol. The highest BCUT2D eigenvalue weighted by atomic mass is 14.5. The molecular formula is C15H26N2. The van der Waals surface area contributed by atoms with E-state index in [1.807, 2.05) is 0 Å². The standard InChI is InChI=1S/C15H26N2/c1-4-12-10-11(3)14(6-8-16)15(7-9-17)13(12)5-2/h10H,4-9,16-17H2,1-3H3. The summed E-state index contributed by atoms with van der Waals surface area (Å²) in [6.45, 7) is 8.09. The van der Waals surface area contributed by atoms with Gasteiger partial charge in [-0.05, 0) is 73.5 Å². The van der Waals surface area contributed by atoms with E-state index in [-0.39, 0.29) is 0 Å². The lowest BCUT2D eigenvalue weighted by molar-refractivity contribution is 0.864. The highest BCUT2D eigenvalue weighted by Crippen LogP contribution is 2.25. The fraction of sp³-hybridized carbons (Fsp3) is 0.600. The molecule has 1 aromatic carbocycles. The van der Waals surface area contributed by atoms with Crippen LogP contribution in [-0.2, 0) is 25.7 Å². The van der Waals surface area contributed by atoms with Crippen molar-refractivity contribution in [1.29, 1.82) is 0 Å². The van der Waals surface area contributed by atoms with Crippen molar-refractivity contribution in [3.63, 3.8) is 0 Å². The minimum Gasteiger partial charge on any atom is -0.330 e. The fourth-order valence-electron chi connectivity index (χ4n) is 2.74. The Bertz CT molecular complexity index is 370. The Balaban J connectivity index is 3.37. The van der Waals surface area contributed by atoms with Crippen LogP contribution in [0.15, 0.2) is 6.07 Å². The van der Waals surface area contributed by atoms with E-state index in [2.05, 4.69) is 26.8 Å². The van der Waals surface area contributed by atoms with Gasteiger partial charge in [0.2, 0.25) is 0 Å². The fourth-order valence-corrected chi connectivity index (χ4v) is 2.74. The van der Waals surface area contributed by atoms with Gasteiger partial charge in [0.1, 0.15) is 0 Å². The third kappa shape index (κ3) is 3.08. The van der Waals surface area contributed by atoms with Crippen LogP contribution in [0.2, 0.25) is 0 Å². The van der Waals surface area contributed by atoms with Crippen LogP contribution < -0.4 is 11.5 Å². The van der Waals surface area contributed by atoms with Crippen LogP contribution in [0, 0.1) is 6.92 Å². The Kier molecular flexibility index (Phi) is 5.66. The van der Waals surface area contributed by atoms with Gasteiger partial charge in [-0.2, -0.15) is 0 Å². The molecule has 1 rings (SSSR count). The number of rotatable bonds is 6. The Morgan fingerprint density at radius 1 is 0.882 bits per heavy atom. The van der Waals surface area contributed by atoms with Crippen molar-refractivity contribution < 1.29 is 0 Å².